The minimum atomic E-state index is -0.0367. The fraction of sp³-hybridized carbons (Fsp3) is 0.545. The Morgan fingerprint density at radius 1 is 1.17 bits per heavy atom. The summed E-state index contributed by atoms with van der Waals surface area (Å²) < 4.78 is 5.49. The first-order valence-electron chi connectivity index (χ1n) is 10.7. The number of nitrogens with zero attached hydrogens (tertiary/aromatic N) is 3. The number of rotatable bonds is 7. The highest BCUT2D eigenvalue weighted by Crippen LogP contribution is 2.28. The molecule has 7 heteroatoms. The molecule has 4 rings (SSSR count). The first-order valence-corrected chi connectivity index (χ1v) is 10.7. The molecule has 0 unspecified atom stereocenters. The molecule has 156 valence electrons. The van der Waals surface area contributed by atoms with E-state index in [2.05, 4.69) is 37.4 Å². The molecule has 0 saturated carbocycles. The summed E-state index contributed by atoms with van der Waals surface area (Å²) in [5.41, 5.74) is 4.05. The van der Waals surface area contributed by atoms with Crippen molar-refractivity contribution >= 4 is 11.6 Å². The number of methoxy groups -OCH3 is 1. The molecular formula is C22H31N5O2. The third kappa shape index (κ3) is 4.56. The van der Waals surface area contributed by atoms with E-state index in [1.165, 1.54) is 12.1 Å². The van der Waals surface area contributed by atoms with Crippen molar-refractivity contribution < 1.29 is 9.53 Å². The van der Waals surface area contributed by atoms with E-state index in [1.807, 2.05) is 12.1 Å². The number of para-hydroxylation sites is 2. The van der Waals surface area contributed by atoms with Crippen molar-refractivity contribution in [3.63, 3.8) is 0 Å². The van der Waals surface area contributed by atoms with Gasteiger partial charge in [-0.15, -0.1) is 0 Å². The van der Waals surface area contributed by atoms with Crippen LogP contribution in [0.1, 0.15) is 41.0 Å². The van der Waals surface area contributed by atoms with Gasteiger partial charge in [-0.3, -0.25) is 14.8 Å². The van der Waals surface area contributed by atoms with E-state index in [-0.39, 0.29) is 5.91 Å². The molecule has 1 saturated heterocycles. The number of aryl methyl sites for hydroxylation is 1. The summed E-state index contributed by atoms with van der Waals surface area (Å²) in [5, 5.41) is 10.3. The minimum absolute atomic E-state index is 0.0367. The monoisotopic (exact) mass is 397 g/mol. The van der Waals surface area contributed by atoms with Crippen LogP contribution >= 0.6 is 0 Å². The van der Waals surface area contributed by atoms with Gasteiger partial charge in [-0.05, 0) is 50.8 Å². The second-order valence-electron chi connectivity index (χ2n) is 7.85. The lowest BCUT2D eigenvalue weighted by Crippen LogP contribution is -2.47. The maximum atomic E-state index is 12.5. The fourth-order valence-electron chi connectivity index (χ4n) is 4.36. The van der Waals surface area contributed by atoms with Gasteiger partial charge in [0.25, 0.3) is 5.91 Å². The highest BCUT2D eigenvalue weighted by molar-refractivity contribution is 5.94. The topological polar surface area (TPSA) is 73.5 Å². The molecule has 0 spiro atoms. The number of ether oxygens (including phenoxy) is 1. The summed E-state index contributed by atoms with van der Waals surface area (Å²) in [5.74, 6) is 0.898. The van der Waals surface area contributed by atoms with Crippen molar-refractivity contribution in [1.29, 1.82) is 0 Å². The van der Waals surface area contributed by atoms with Gasteiger partial charge in [0.2, 0.25) is 0 Å². The number of carbonyl (C=O) groups is 1. The number of H-pyrrole nitrogens is 1. The molecule has 1 amide bonds. The predicted molar refractivity (Wildman–Crippen MR) is 114 cm³/mol. The Kier molecular flexibility index (Phi) is 6.34. The van der Waals surface area contributed by atoms with E-state index in [0.29, 0.717) is 12.2 Å². The van der Waals surface area contributed by atoms with Crippen LogP contribution in [-0.2, 0) is 12.8 Å². The zero-order valence-electron chi connectivity index (χ0n) is 17.2. The van der Waals surface area contributed by atoms with Crippen LogP contribution < -0.4 is 15.0 Å². The molecule has 2 aromatic rings. The number of fused-ring (bicyclic) bond motifs is 1. The van der Waals surface area contributed by atoms with Crippen LogP contribution in [0.4, 0.5) is 5.69 Å². The van der Waals surface area contributed by atoms with Crippen molar-refractivity contribution in [3.05, 3.63) is 41.2 Å². The van der Waals surface area contributed by atoms with Crippen LogP contribution in [0.3, 0.4) is 0 Å². The molecule has 0 atom stereocenters. The number of anilines is 1. The molecule has 1 aliphatic carbocycles. The van der Waals surface area contributed by atoms with Crippen molar-refractivity contribution in [3.8, 4) is 5.75 Å². The fourth-order valence-corrected chi connectivity index (χ4v) is 4.36. The molecule has 2 aliphatic rings. The lowest BCUT2D eigenvalue weighted by molar-refractivity contribution is 0.0945. The van der Waals surface area contributed by atoms with E-state index < -0.39 is 0 Å². The Balaban J connectivity index is 1.18. The number of aromatic nitrogens is 2. The number of carbonyl (C=O) groups excluding carboxylic acids is 1. The van der Waals surface area contributed by atoms with Crippen LogP contribution in [0.25, 0.3) is 0 Å². The zero-order chi connectivity index (χ0) is 20.1. The van der Waals surface area contributed by atoms with Crippen molar-refractivity contribution in [2.75, 3.05) is 51.3 Å². The van der Waals surface area contributed by atoms with E-state index in [1.54, 1.807) is 7.11 Å². The summed E-state index contributed by atoms with van der Waals surface area (Å²) in [6, 6.07) is 8.20. The number of benzene rings is 1. The van der Waals surface area contributed by atoms with Crippen LogP contribution in [0.2, 0.25) is 0 Å². The molecule has 7 nitrogen and oxygen atoms in total. The number of amides is 1. The molecule has 1 aromatic heterocycles. The smallest absolute Gasteiger partial charge is 0.272 e. The second kappa shape index (κ2) is 9.31. The summed E-state index contributed by atoms with van der Waals surface area (Å²) in [4.78, 5) is 17.3. The van der Waals surface area contributed by atoms with E-state index >= 15 is 0 Å². The lowest BCUT2D eigenvalue weighted by Gasteiger charge is -2.36. The van der Waals surface area contributed by atoms with E-state index in [4.69, 9.17) is 4.74 Å². The first-order chi connectivity index (χ1) is 14.3. The van der Waals surface area contributed by atoms with Gasteiger partial charge in [-0.25, -0.2) is 0 Å². The largest absolute Gasteiger partial charge is 0.495 e. The quantitative estimate of drug-likeness (QED) is 0.701. The van der Waals surface area contributed by atoms with Gasteiger partial charge in [-0.2, -0.15) is 5.10 Å². The van der Waals surface area contributed by atoms with Crippen molar-refractivity contribution in [2.45, 2.75) is 32.1 Å². The number of piperazine rings is 1. The maximum absolute atomic E-state index is 12.5. The number of hydrogen-bond acceptors (Lipinski definition) is 5. The minimum Gasteiger partial charge on any atom is -0.495 e. The Morgan fingerprint density at radius 3 is 2.79 bits per heavy atom. The molecule has 29 heavy (non-hydrogen) atoms. The van der Waals surface area contributed by atoms with Crippen molar-refractivity contribution in [2.24, 2.45) is 0 Å². The van der Waals surface area contributed by atoms with Gasteiger partial charge in [0.05, 0.1) is 12.8 Å². The molecule has 2 heterocycles. The molecule has 0 radical (unpaired) electrons. The highest BCUT2D eigenvalue weighted by atomic mass is 16.5. The SMILES string of the molecule is COc1ccccc1N1CCN(CCCNC(=O)c2n[nH]c3c2CCCC3)CC1. The van der Waals surface area contributed by atoms with Crippen LogP contribution in [0.15, 0.2) is 24.3 Å². The third-order valence-electron chi connectivity index (χ3n) is 6.01. The van der Waals surface area contributed by atoms with Gasteiger partial charge in [0, 0.05) is 44.0 Å². The normalized spacial score (nSPS) is 17.1. The molecule has 1 aromatic carbocycles. The van der Waals surface area contributed by atoms with Gasteiger partial charge in [0.15, 0.2) is 5.69 Å². The summed E-state index contributed by atoms with van der Waals surface area (Å²) in [7, 11) is 1.72. The molecule has 1 fully saturated rings. The Hall–Kier alpha value is -2.54. The van der Waals surface area contributed by atoms with Crippen molar-refractivity contribution in [1.82, 2.24) is 20.4 Å². The second-order valence-corrected chi connectivity index (χ2v) is 7.85. The number of hydrogen-bond donors (Lipinski definition) is 2. The van der Waals surface area contributed by atoms with Crippen LogP contribution in [0, 0.1) is 0 Å². The maximum Gasteiger partial charge on any atom is 0.272 e. The Bertz CT molecular complexity index is 826. The summed E-state index contributed by atoms with van der Waals surface area (Å²) >= 11 is 0. The Labute approximate surface area is 172 Å². The van der Waals surface area contributed by atoms with Crippen LogP contribution in [-0.4, -0.2) is 67.4 Å². The average Bonchev–Trinajstić information content (AvgIpc) is 3.21. The highest BCUT2D eigenvalue weighted by Gasteiger charge is 2.22. The predicted octanol–water partition coefficient (Wildman–Crippen LogP) is 2.24. The van der Waals surface area contributed by atoms with E-state index in [0.717, 1.165) is 75.4 Å². The van der Waals surface area contributed by atoms with Gasteiger partial charge in [0.1, 0.15) is 5.75 Å². The zero-order valence-corrected chi connectivity index (χ0v) is 17.2. The van der Waals surface area contributed by atoms with Gasteiger partial charge in [-0.1, -0.05) is 12.1 Å². The van der Waals surface area contributed by atoms with Gasteiger partial charge < -0.3 is 15.0 Å². The summed E-state index contributed by atoms with van der Waals surface area (Å²) in [6.45, 7) is 5.72. The van der Waals surface area contributed by atoms with Crippen LogP contribution in [0.5, 0.6) is 5.75 Å². The molecular weight excluding hydrogens is 366 g/mol. The molecule has 1 aliphatic heterocycles. The standard InChI is InChI=1S/C22H31N5O2/c1-29-20-10-5-4-9-19(20)27-15-13-26(14-16-27)12-6-11-23-22(28)21-17-7-2-3-8-18(17)24-25-21/h4-5,9-10H,2-3,6-8,11-16H2,1H3,(H,23,28)(H,24,25). The average molecular weight is 398 g/mol. The van der Waals surface area contributed by atoms with E-state index in [9.17, 15) is 4.79 Å². The molecule has 0 bridgehead atoms. The Morgan fingerprint density at radius 2 is 1.97 bits per heavy atom. The number of aromatic amines is 1. The lowest BCUT2D eigenvalue weighted by atomic mass is 9.96. The summed E-state index contributed by atoms with van der Waals surface area (Å²) in [6.07, 6.45) is 5.25. The number of nitrogens with one attached hydrogen (secondary N) is 2. The van der Waals surface area contributed by atoms with Gasteiger partial charge >= 0.3 is 0 Å². The first kappa shape index (κ1) is 19.8. The molecule has 2 N–H and O–H groups in total. The third-order valence-corrected chi connectivity index (χ3v) is 6.01.